The molecule has 0 radical (unpaired) electrons. The van der Waals surface area contributed by atoms with E-state index in [4.69, 9.17) is 9.47 Å². The summed E-state index contributed by atoms with van der Waals surface area (Å²) in [5, 5.41) is 3.35. The molecule has 2 unspecified atom stereocenters. The zero-order chi connectivity index (χ0) is 14.0. The van der Waals surface area contributed by atoms with E-state index < -0.39 is 5.79 Å². The number of halogens is 1. The van der Waals surface area contributed by atoms with Crippen LogP contribution in [0.3, 0.4) is 0 Å². The molecule has 19 heavy (non-hydrogen) atoms. The molecule has 1 aromatic rings. The predicted octanol–water partition coefficient (Wildman–Crippen LogP) is 2.94. The molecule has 1 aliphatic rings. The number of rotatable bonds is 4. The van der Waals surface area contributed by atoms with Crippen LogP contribution in [0, 0.1) is 12.7 Å². The zero-order valence-electron chi connectivity index (χ0n) is 12.0. The van der Waals surface area contributed by atoms with Gasteiger partial charge in [0.1, 0.15) is 5.82 Å². The van der Waals surface area contributed by atoms with Gasteiger partial charge >= 0.3 is 0 Å². The Morgan fingerprint density at radius 1 is 1.47 bits per heavy atom. The largest absolute Gasteiger partial charge is 0.348 e. The van der Waals surface area contributed by atoms with Crippen LogP contribution in [0.2, 0.25) is 0 Å². The van der Waals surface area contributed by atoms with Crippen LogP contribution in [0.25, 0.3) is 0 Å². The van der Waals surface area contributed by atoms with Crippen molar-refractivity contribution in [3.05, 3.63) is 35.1 Å². The van der Waals surface area contributed by atoms with Gasteiger partial charge in [0.2, 0.25) is 0 Å². The van der Waals surface area contributed by atoms with Gasteiger partial charge in [-0.15, -0.1) is 0 Å². The highest BCUT2D eigenvalue weighted by atomic mass is 19.1. The maximum absolute atomic E-state index is 13.5. The SMILES string of the molecule is Cc1ccc(C(C)NCC2COC(C)(C)O2)cc1F. The lowest BCUT2D eigenvalue weighted by atomic mass is 10.1. The number of benzene rings is 1. The standard InChI is InChI=1S/C15H22FNO2/c1-10-5-6-12(7-14(10)16)11(2)17-8-13-9-18-15(3,4)19-13/h5-7,11,13,17H,8-9H2,1-4H3. The van der Waals surface area contributed by atoms with Crippen LogP contribution in [0.15, 0.2) is 18.2 Å². The zero-order valence-corrected chi connectivity index (χ0v) is 12.0. The summed E-state index contributed by atoms with van der Waals surface area (Å²) in [5.74, 6) is -0.654. The molecule has 3 nitrogen and oxygen atoms in total. The van der Waals surface area contributed by atoms with E-state index >= 15 is 0 Å². The number of hydrogen-bond acceptors (Lipinski definition) is 3. The molecular weight excluding hydrogens is 245 g/mol. The van der Waals surface area contributed by atoms with Crippen molar-refractivity contribution in [3.63, 3.8) is 0 Å². The fourth-order valence-electron chi connectivity index (χ4n) is 2.17. The van der Waals surface area contributed by atoms with Crippen molar-refractivity contribution in [3.8, 4) is 0 Å². The summed E-state index contributed by atoms with van der Waals surface area (Å²) in [6, 6.07) is 5.43. The molecule has 1 heterocycles. The Kier molecular flexibility index (Phi) is 4.23. The lowest BCUT2D eigenvalue weighted by molar-refractivity contribution is -0.137. The van der Waals surface area contributed by atoms with E-state index in [1.165, 1.54) is 0 Å². The number of hydrogen-bond donors (Lipinski definition) is 1. The minimum atomic E-state index is -0.494. The number of ether oxygens (including phenoxy) is 2. The van der Waals surface area contributed by atoms with Crippen molar-refractivity contribution >= 4 is 0 Å². The van der Waals surface area contributed by atoms with E-state index in [1.54, 1.807) is 19.1 Å². The van der Waals surface area contributed by atoms with Crippen molar-refractivity contribution in [2.24, 2.45) is 0 Å². The first kappa shape index (κ1) is 14.4. The Balaban J connectivity index is 1.87. The van der Waals surface area contributed by atoms with Crippen LogP contribution in [0.1, 0.15) is 37.9 Å². The van der Waals surface area contributed by atoms with Crippen LogP contribution in [-0.4, -0.2) is 25.0 Å². The molecule has 0 aromatic heterocycles. The van der Waals surface area contributed by atoms with Crippen molar-refractivity contribution in [2.45, 2.75) is 45.6 Å². The minimum Gasteiger partial charge on any atom is -0.348 e. The summed E-state index contributed by atoms with van der Waals surface area (Å²) >= 11 is 0. The monoisotopic (exact) mass is 267 g/mol. The first-order chi connectivity index (χ1) is 8.87. The molecule has 1 aromatic carbocycles. The molecule has 1 saturated heterocycles. The fraction of sp³-hybridized carbons (Fsp3) is 0.600. The predicted molar refractivity (Wildman–Crippen MR) is 72.5 cm³/mol. The Labute approximate surface area is 114 Å². The van der Waals surface area contributed by atoms with Crippen LogP contribution in [0.4, 0.5) is 4.39 Å². The smallest absolute Gasteiger partial charge is 0.163 e. The molecule has 0 amide bonds. The van der Waals surface area contributed by atoms with E-state index in [1.807, 2.05) is 26.8 Å². The summed E-state index contributed by atoms with van der Waals surface area (Å²) in [4.78, 5) is 0. The Morgan fingerprint density at radius 3 is 2.79 bits per heavy atom. The third kappa shape index (κ3) is 3.75. The second-order valence-electron chi connectivity index (χ2n) is 5.59. The summed E-state index contributed by atoms with van der Waals surface area (Å²) < 4.78 is 24.7. The van der Waals surface area contributed by atoms with E-state index in [2.05, 4.69) is 5.32 Å². The fourth-order valence-corrected chi connectivity index (χ4v) is 2.17. The molecule has 2 rings (SSSR count). The van der Waals surface area contributed by atoms with Gasteiger partial charge in [0.05, 0.1) is 12.7 Å². The molecule has 1 fully saturated rings. The van der Waals surface area contributed by atoms with Crippen LogP contribution < -0.4 is 5.32 Å². The van der Waals surface area contributed by atoms with Gasteiger partial charge < -0.3 is 14.8 Å². The van der Waals surface area contributed by atoms with Gasteiger partial charge in [-0.1, -0.05) is 12.1 Å². The lowest BCUT2D eigenvalue weighted by Gasteiger charge is -2.19. The highest BCUT2D eigenvalue weighted by Gasteiger charge is 2.32. The van der Waals surface area contributed by atoms with Gasteiger partial charge in [0, 0.05) is 12.6 Å². The second-order valence-corrected chi connectivity index (χ2v) is 5.59. The molecule has 0 saturated carbocycles. The van der Waals surface area contributed by atoms with Gasteiger partial charge in [0.15, 0.2) is 5.79 Å². The van der Waals surface area contributed by atoms with Gasteiger partial charge in [-0.25, -0.2) is 4.39 Å². The van der Waals surface area contributed by atoms with E-state index in [0.717, 1.165) is 5.56 Å². The molecule has 0 aliphatic carbocycles. The van der Waals surface area contributed by atoms with Gasteiger partial charge in [0.25, 0.3) is 0 Å². The highest BCUT2D eigenvalue weighted by Crippen LogP contribution is 2.22. The van der Waals surface area contributed by atoms with Gasteiger partial charge in [-0.05, 0) is 44.9 Å². The molecule has 2 atom stereocenters. The number of nitrogens with one attached hydrogen (secondary N) is 1. The summed E-state index contributed by atoms with van der Waals surface area (Å²) in [6.07, 6.45) is 0.0488. The Hall–Kier alpha value is -0.970. The quantitative estimate of drug-likeness (QED) is 0.910. The molecule has 0 spiro atoms. The normalized spacial score (nSPS) is 23.5. The maximum atomic E-state index is 13.5. The molecular formula is C15H22FNO2. The third-order valence-electron chi connectivity index (χ3n) is 3.41. The van der Waals surface area contributed by atoms with E-state index in [9.17, 15) is 4.39 Å². The summed E-state index contributed by atoms with van der Waals surface area (Å²) in [6.45, 7) is 8.89. The van der Waals surface area contributed by atoms with E-state index in [-0.39, 0.29) is 18.0 Å². The summed E-state index contributed by atoms with van der Waals surface area (Å²) in [7, 11) is 0. The maximum Gasteiger partial charge on any atom is 0.163 e. The second kappa shape index (κ2) is 5.57. The van der Waals surface area contributed by atoms with Crippen molar-refractivity contribution in [2.75, 3.05) is 13.2 Å². The van der Waals surface area contributed by atoms with Crippen LogP contribution >= 0.6 is 0 Å². The van der Waals surface area contributed by atoms with E-state index in [0.29, 0.717) is 18.7 Å². The number of aryl methyl sites for hydroxylation is 1. The first-order valence-corrected chi connectivity index (χ1v) is 6.68. The first-order valence-electron chi connectivity index (χ1n) is 6.68. The molecule has 0 bridgehead atoms. The van der Waals surface area contributed by atoms with Crippen molar-refractivity contribution in [1.29, 1.82) is 0 Å². The topological polar surface area (TPSA) is 30.5 Å². The molecule has 1 aliphatic heterocycles. The average Bonchev–Trinajstić information content (AvgIpc) is 2.69. The lowest BCUT2D eigenvalue weighted by Crippen LogP contribution is -2.32. The Morgan fingerprint density at radius 2 is 2.21 bits per heavy atom. The van der Waals surface area contributed by atoms with Crippen LogP contribution in [-0.2, 0) is 9.47 Å². The van der Waals surface area contributed by atoms with Crippen molar-refractivity contribution < 1.29 is 13.9 Å². The third-order valence-corrected chi connectivity index (χ3v) is 3.41. The Bertz CT molecular complexity index is 448. The molecule has 1 N–H and O–H groups in total. The van der Waals surface area contributed by atoms with Gasteiger partial charge in [-0.3, -0.25) is 0 Å². The van der Waals surface area contributed by atoms with Crippen LogP contribution in [0.5, 0.6) is 0 Å². The summed E-state index contributed by atoms with van der Waals surface area (Å²) in [5.41, 5.74) is 1.62. The highest BCUT2D eigenvalue weighted by molar-refractivity contribution is 5.25. The van der Waals surface area contributed by atoms with Gasteiger partial charge in [-0.2, -0.15) is 0 Å². The average molecular weight is 267 g/mol. The minimum absolute atomic E-state index is 0.0488. The molecule has 106 valence electrons. The molecule has 4 heteroatoms. The van der Waals surface area contributed by atoms with Crippen molar-refractivity contribution in [1.82, 2.24) is 5.32 Å².